The van der Waals surface area contributed by atoms with Gasteiger partial charge in [0.25, 0.3) is 0 Å². The molecule has 0 saturated carbocycles. The fraction of sp³-hybridized carbons (Fsp3) is 0.0909. The normalized spacial score (nSPS) is 9.93. The molecule has 0 spiro atoms. The maximum Gasteiger partial charge on any atom is 0.153 e. The molecule has 1 aromatic heterocycles. The first kappa shape index (κ1) is 9.61. The molecule has 2 rings (SSSR count). The molecular weight excluding hydrogens is 188 g/mol. The van der Waals surface area contributed by atoms with E-state index in [1.54, 1.807) is 6.20 Å². The van der Waals surface area contributed by atoms with Crippen LogP contribution in [-0.4, -0.2) is 10.2 Å². The number of nitrogens with one attached hydrogen (secondary N) is 1. The van der Waals surface area contributed by atoms with Crippen molar-refractivity contribution in [3.05, 3.63) is 48.2 Å². The first-order chi connectivity index (χ1) is 7.38. The minimum absolute atomic E-state index is 0.561. The van der Waals surface area contributed by atoms with E-state index in [4.69, 9.17) is 5.73 Å². The van der Waals surface area contributed by atoms with Crippen LogP contribution in [0.2, 0.25) is 0 Å². The lowest BCUT2D eigenvalue weighted by atomic mass is 10.2. The molecule has 0 aliphatic heterocycles. The zero-order valence-electron chi connectivity index (χ0n) is 8.22. The SMILES string of the molecule is NCc1ccc(Nc2cccnn2)cc1. The molecule has 4 heteroatoms. The number of anilines is 2. The van der Waals surface area contributed by atoms with Crippen molar-refractivity contribution in [3.8, 4) is 0 Å². The summed E-state index contributed by atoms with van der Waals surface area (Å²) in [5.41, 5.74) is 7.60. The van der Waals surface area contributed by atoms with E-state index in [9.17, 15) is 0 Å². The Balaban J connectivity index is 2.11. The van der Waals surface area contributed by atoms with Gasteiger partial charge in [-0.2, -0.15) is 5.10 Å². The molecule has 0 atom stereocenters. The minimum Gasteiger partial charge on any atom is -0.339 e. The highest BCUT2D eigenvalue weighted by Crippen LogP contribution is 2.13. The van der Waals surface area contributed by atoms with E-state index in [2.05, 4.69) is 15.5 Å². The van der Waals surface area contributed by atoms with Gasteiger partial charge in [0.1, 0.15) is 0 Å². The van der Waals surface area contributed by atoms with Crippen LogP contribution < -0.4 is 11.1 Å². The Labute approximate surface area is 88.2 Å². The summed E-state index contributed by atoms with van der Waals surface area (Å²) in [6.07, 6.45) is 1.64. The number of hydrogen-bond acceptors (Lipinski definition) is 4. The fourth-order valence-electron chi connectivity index (χ4n) is 1.24. The van der Waals surface area contributed by atoms with Gasteiger partial charge in [-0.05, 0) is 29.8 Å². The minimum atomic E-state index is 0.561. The summed E-state index contributed by atoms with van der Waals surface area (Å²) >= 11 is 0. The van der Waals surface area contributed by atoms with Crippen molar-refractivity contribution in [2.75, 3.05) is 5.32 Å². The van der Waals surface area contributed by atoms with Gasteiger partial charge in [-0.3, -0.25) is 0 Å². The van der Waals surface area contributed by atoms with Gasteiger partial charge in [0.15, 0.2) is 5.82 Å². The smallest absolute Gasteiger partial charge is 0.153 e. The van der Waals surface area contributed by atoms with Crippen LogP contribution in [0, 0.1) is 0 Å². The molecule has 0 amide bonds. The number of nitrogens with zero attached hydrogens (tertiary/aromatic N) is 2. The molecule has 1 heterocycles. The molecule has 76 valence electrons. The zero-order chi connectivity index (χ0) is 10.5. The average molecular weight is 200 g/mol. The molecule has 3 N–H and O–H groups in total. The molecule has 2 aromatic rings. The molecular formula is C11H12N4. The topological polar surface area (TPSA) is 63.8 Å². The Kier molecular flexibility index (Phi) is 2.90. The highest BCUT2D eigenvalue weighted by atomic mass is 15.2. The summed E-state index contributed by atoms with van der Waals surface area (Å²) in [7, 11) is 0. The zero-order valence-corrected chi connectivity index (χ0v) is 8.22. The summed E-state index contributed by atoms with van der Waals surface area (Å²) < 4.78 is 0. The summed E-state index contributed by atoms with van der Waals surface area (Å²) in [6, 6.07) is 11.6. The van der Waals surface area contributed by atoms with Crippen LogP contribution in [0.15, 0.2) is 42.6 Å². The van der Waals surface area contributed by atoms with Crippen molar-refractivity contribution in [3.63, 3.8) is 0 Å². The van der Waals surface area contributed by atoms with Crippen LogP contribution in [0.5, 0.6) is 0 Å². The summed E-state index contributed by atoms with van der Waals surface area (Å²) in [6.45, 7) is 0.561. The quantitative estimate of drug-likeness (QED) is 0.791. The lowest BCUT2D eigenvalue weighted by molar-refractivity contribution is 1.03. The lowest BCUT2D eigenvalue weighted by Crippen LogP contribution is -1.97. The van der Waals surface area contributed by atoms with Gasteiger partial charge in [-0.25, -0.2) is 0 Å². The summed E-state index contributed by atoms with van der Waals surface area (Å²) in [5, 5.41) is 10.9. The average Bonchev–Trinajstić information content (AvgIpc) is 2.31. The second-order valence-corrected chi connectivity index (χ2v) is 3.13. The maximum absolute atomic E-state index is 5.51. The standard InChI is InChI=1S/C11H12N4/c12-8-9-3-5-10(6-4-9)14-11-2-1-7-13-15-11/h1-7H,8,12H2,(H,14,15). The third-order valence-corrected chi connectivity index (χ3v) is 2.03. The van der Waals surface area contributed by atoms with Crippen molar-refractivity contribution in [1.29, 1.82) is 0 Å². The molecule has 0 aliphatic rings. The van der Waals surface area contributed by atoms with E-state index in [1.807, 2.05) is 36.4 Å². The summed E-state index contributed by atoms with van der Waals surface area (Å²) in [5.74, 6) is 0.734. The first-order valence-electron chi connectivity index (χ1n) is 4.72. The van der Waals surface area contributed by atoms with Crippen molar-refractivity contribution < 1.29 is 0 Å². The maximum atomic E-state index is 5.51. The van der Waals surface area contributed by atoms with Crippen molar-refractivity contribution >= 4 is 11.5 Å². The van der Waals surface area contributed by atoms with Gasteiger partial charge in [0, 0.05) is 18.4 Å². The molecule has 0 fully saturated rings. The third-order valence-electron chi connectivity index (χ3n) is 2.03. The van der Waals surface area contributed by atoms with E-state index >= 15 is 0 Å². The molecule has 0 saturated heterocycles. The second kappa shape index (κ2) is 4.52. The fourth-order valence-corrected chi connectivity index (χ4v) is 1.24. The molecule has 4 nitrogen and oxygen atoms in total. The molecule has 0 aliphatic carbocycles. The van der Waals surface area contributed by atoms with Crippen molar-refractivity contribution in [2.24, 2.45) is 5.73 Å². The van der Waals surface area contributed by atoms with Crippen LogP contribution in [0.4, 0.5) is 11.5 Å². The van der Waals surface area contributed by atoms with Crippen LogP contribution in [0.1, 0.15) is 5.56 Å². The molecule has 0 radical (unpaired) electrons. The number of aromatic nitrogens is 2. The Morgan fingerprint density at radius 3 is 2.53 bits per heavy atom. The van der Waals surface area contributed by atoms with Gasteiger partial charge >= 0.3 is 0 Å². The highest BCUT2D eigenvalue weighted by Gasteiger charge is 1.95. The van der Waals surface area contributed by atoms with Gasteiger partial charge < -0.3 is 11.1 Å². The molecule has 1 aromatic carbocycles. The second-order valence-electron chi connectivity index (χ2n) is 3.13. The van der Waals surface area contributed by atoms with E-state index in [0.717, 1.165) is 17.1 Å². The van der Waals surface area contributed by atoms with Gasteiger partial charge in [-0.1, -0.05) is 12.1 Å². The van der Waals surface area contributed by atoms with E-state index in [0.29, 0.717) is 6.54 Å². The Bertz CT molecular complexity index is 410. The van der Waals surface area contributed by atoms with Crippen LogP contribution in [0.25, 0.3) is 0 Å². The largest absolute Gasteiger partial charge is 0.339 e. The summed E-state index contributed by atoms with van der Waals surface area (Å²) in [4.78, 5) is 0. The third kappa shape index (κ3) is 2.51. The lowest BCUT2D eigenvalue weighted by Gasteiger charge is -2.04. The van der Waals surface area contributed by atoms with Crippen LogP contribution in [0.3, 0.4) is 0 Å². The number of rotatable bonds is 3. The predicted molar refractivity (Wildman–Crippen MR) is 59.6 cm³/mol. The van der Waals surface area contributed by atoms with Crippen molar-refractivity contribution in [2.45, 2.75) is 6.54 Å². The molecule has 0 unspecified atom stereocenters. The number of nitrogens with two attached hydrogens (primary N) is 1. The first-order valence-corrected chi connectivity index (χ1v) is 4.72. The van der Waals surface area contributed by atoms with Gasteiger partial charge in [0.05, 0.1) is 0 Å². The Morgan fingerprint density at radius 1 is 1.13 bits per heavy atom. The molecule has 15 heavy (non-hydrogen) atoms. The highest BCUT2D eigenvalue weighted by molar-refractivity contribution is 5.55. The van der Waals surface area contributed by atoms with Crippen LogP contribution in [-0.2, 0) is 6.54 Å². The number of benzene rings is 1. The number of hydrogen-bond donors (Lipinski definition) is 2. The Hall–Kier alpha value is -1.94. The van der Waals surface area contributed by atoms with E-state index in [1.165, 1.54) is 0 Å². The van der Waals surface area contributed by atoms with Crippen molar-refractivity contribution in [1.82, 2.24) is 10.2 Å². The van der Waals surface area contributed by atoms with E-state index < -0.39 is 0 Å². The van der Waals surface area contributed by atoms with Crippen LogP contribution >= 0.6 is 0 Å². The van der Waals surface area contributed by atoms with E-state index in [-0.39, 0.29) is 0 Å². The van der Waals surface area contributed by atoms with Gasteiger partial charge in [0.2, 0.25) is 0 Å². The Morgan fingerprint density at radius 2 is 1.93 bits per heavy atom. The molecule has 0 bridgehead atoms. The van der Waals surface area contributed by atoms with Gasteiger partial charge in [-0.15, -0.1) is 5.10 Å². The monoisotopic (exact) mass is 200 g/mol. The predicted octanol–water partition coefficient (Wildman–Crippen LogP) is 1.68.